The molecule has 7 heteroatoms. The number of nitrogens with one attached hydrogen (secondary N) is 1. The molecule has 1 aromatic heterocycles. The van der Waals surface area contributed by atoms with Gasteiger partial charge in [0.1, 0.15) is 23.7 Å². The quantitative estimate of drug-likeness (QED) is 0.121. The zero-order chi connectivity index (χ0) is 24.9. The van der Waals surface area contributed by atoms with Crippen LogP contribution in [-0.4, -0.2) is 18.7 Å². The lowest BCUT2D eigenvalue weighted by Crippen LogP contribution is -2.16. The van der Waals surface area contributed by atoms with Crippen LogP contribution >= 0.6 is 22.6 Å². The number of amides is 1. The molecule has 5 aromatic rings. The summed E-state index contributed by atoms with van der Waals surface area (Å²) in [5.74, 6) is 1.28. The molecule has 0 fully saturated rings. The second-order valence-electron chi connectivity index (χ2n) is 8.06. The van der Waals surface area contributed by atoms with Crippen LogP contribution in [0.1, 0.15) is 28.6 Å². The number of hydrazone groups is 1. The highest BCUT2D eigenvalue weighted by molar-refractivity contribution is 14.1. The number of furan rings is 1. The lowest BCUT2D eigenvalue weighted by atomic mass is 10.1. The fraction of sp³-hybridized carbons (Fsp3) is 0.103. The molecule has 6 nitrogen and oxygen atoms in total. The third-order valence-electron chi connectivity index (χ3n) is 5.62. The molecule has 5 rings (SSSR count). The Bertz CT molecular complexity index is 1570. The number of benzene rings is 4. The molecular weight excluding hydrogens is 567 g/mol. The van der Waals surface area contributed by atoms with E-state index >= 15 is 0 Å². The standard InChI is InChI=1S/C29H23IN2O4/c1-2-34-23-11-13-26-22(15-23)16-28(36-26)29(33)32-31-17-19-10-12-27(25(30)14-19)35-18-21-8-5-7-20-6-3-4-9-24(20)21/h3-17H,2,18H2,1H3,(H,32,33)/b31-17+. The van der Waals surface area contributed by atoms with Crippen LogP contribution in [0.4, 0.5) is 0 Å². The van der Waals surface area contributed by atoms with Crippen LogP contribution in [-0.2, 0) is 6.61 Å². The number of carbonyl (C=O) groups excluding carboxylic acids is 1. The van der Waals surface area contributed by atoms with Crippen LogP contribution in [0, 0.1) is 3.57 Å². The van der Waals surface area contributed by atoms with E-state index in [1.165, 1.54) is 10.8 Å². The van der Waals surface area contributed by atoms with Gasteiger partial charge in [-0.25, -0.2) is 5.43 Å². The van der Waals surface area contributed by atoms with Crippen molar-refractivity contribution in [2.75, 3.05) is 6.61 Å². The lowest BCUT2D eigenvalue weighted by molar-refractivity contribution is 0.0929. The maximum absolute atomic E-state index is 12.5. The Morgan fingerprint density at radius 3 is 2.69 bits per heavy atom. The van der Waals surface area contributed by atoms with E-state index in [1.54, 1.807) is 18.3 Å². The normalized spacial score (nSPS) is 11.3. The lowest BCUT2D eigenvalue weighted by Gasteiger charge is -2.11. The molecule has 0 saturated carbocycles. The van der Waals surface area contributed by atoms with Gasteiger partial charge in [-0.15, -0.1) is 0 Å². The summed E-state index contributed by atoms with van der Waals surface area (Å²) in [6.07, 6.45) is 1.59. The minimum absolute atomic E-state index is 0.183. The Kier molecular flexibility index (Phi) is 7.18. The van der Waals surface area contributed by atoms with Gasteiger partial charge in [-0.3, -0.25) is 4.79 Å². The Morgan fingerprint density at radius 1 is 0.972 bits per heavy atom. The average Bonchev–Trinajstić information content (AvgIpc) is 3.32. The minimum Gasteiger partial charge on any atom is -0.494 e. The maximum Gasteiger partial charge on any atom is 0.307 e. The number of halogens is 1. The molecule has 0 radical (unpaired) electrons. The van der Waals surface area contributed by atoms with Crippen LogP contribution < -0.4 is 14.9 Å². The third-order valence-corrected chi connectivity index (χ3v) is 6.46. The fourth-order valence-corrected chi connectivity index (χ4v) is 4.59. The fourth-order valence-electron chi connectivity index (χ4n) is 3.90. The summed E-state index contributed by atoms with van der Waals surface area (Å²) in [6.45, 7) is 2.97. The zero-order valence-electron chi connectivity index (χ0n) is 19.5. The molecule has 1 heterocycles. The van der Waals surface area contributed by atoms with E-state index in [0.717, 1.165) is 31.6 Å². The van der Waals surface area contributed by atoms with E-state index in [1.807, 2.05) is 55.5 Å². The van der Waals surface area contributed by atoms with Crippen LogP contribution in [0.5, 0.6) is 11.5 Å². The molecule has 0 saturated heterocycles. The summed E-state index contributed by atoms with van der Waals surface area (Å²) >= 11 is 2.24. The van der Waals surface area contributed by atoms with Gasteiger partial charge in [0.05, 0.1) is 16.4 Å². The van der Waals surface area contributed by atoms with Crippen molar-refractivity contribution in [2.45, 2.75) is 13.5 Å². The van der Waals surface area contributed by atoms with Gasteiger partial charge < -0.3 is 13.9 Å². The molecular formula is C29H23IN2O4. The number of hydrogen-bond acceptors (Lipinski definition) is 5. The van der Waals surface area contributed by atoms with Gasteiger partial charge in [0.15, 0.2) is 5.76 Å². The largest absolute Gasteiger partial charge is 0.494 e. The number of carbonyl (C=O) groups is 1. The summed E-state index contributed by atoms with van der Waals surface area (Å²) in [5, 5.41) is 7.26. The molecule has 180 valence electrons. The highest BCUT2D eigenvalue weighted by Crippen LogP contribution is 2.26. The number of hydrogen-bond donors (Lipinski definition) is 1. The van der Waals surface area contributed by atoms with Crippen LogP contribution in [0.25, 0.3) is 21.7 Å². The summed E-state index contributed by atoms with van der Waals surface area (Å²) in [7, 11) is 0. The summed E-state index contributed by atoms with van der Waals surface area (Å²) in [4.78, 5) is 12.5. The molecule has 0 aliphatic rings. The topological polar surface area (TPSA) is 73.1 Å². The molecule has 0 aliphatic carbocycles. The number of nitrogens with zero attached hydrogens (tertiary/aromatic N) is 1. The van der Waals surface area contributed by atoms with Crippen molar-refractivity contribution in [2.24, 2.45) is 5.10 Å². The van der Waals surface area contributed by atoms with Gasteiger partial charge in [-0.05, 0) is 93.9 Å². The van der Waals surface area contributed by atoms with Crippen molar-refractivity contribution in [3.8, 4) is 11.5 Å². The molecule has 0 spiro atoms. The summed E-state index contributed by atoms with van der Waals surface area (Å²) in [5.41, 5.74) is 5.10. The molecule has 1 N–H and O–H groups in total. The first-order valence-electron chi connectivity index (χ1n) is 11.5. The molecule has 0 atom stereocenters. The van der Waals surface area contributed by atoms with Crippen molar-refractivity contribution < 1.29 is 18.7 Å². The molecule has 36 heavy (non-hydrogen) atoms. The van der Waals surface area contributed by atoms with Crippen LogP contribution in [0.3, 0.4) is 0 Å². The van der Waals surface area contributed by atoms with Crippen molar-refractivity contribution in [3.63, 3.8) is 0 Å². The first-order chi connectivity index (χ1) is 17.6. The Labute approximate surface area is 222 Å². The highest BCUT2D eigenvalue weighted by Gasteiger charge is 2.12. The van der Waals surface area contributed by atoms with E-state index in [4.69, 9.17) is 13.9 Å². The smallest absolute Gasteiger partial charge is 0.307 e. The van der Waals surface area contributed by atoms with E-state index in [2.05, 4.69) is 57.4 Å². The number of rotatable bonds is 8. The Hall–Kier alpha value is -3.85. The van der Waals surface area contributed by atoms with Crippen molar-refractivity contribution in [3.05, 3.63) is 105 Å². The zero-order valence-corrected chi connectivity index (χ0v) is 21.7. The predicted molar refractivity (Wildman–Crippen MR) is 150 cm³/mol. The van der Waals surface area contributed by atoms with Gasteiger partial charge in [0.25, 0.3) is 0 Å². The van der Waals surface area contributed by atoms with Crippen molar-refractivity contribution in [1.82, 2.24) is 5.43 Å². The van der Waals surface area contributed by atoms with Crippen LogP contribution in [0.15, 0.2) is 94.4 Å². The van der Waals surface area contributed by atoms with E-state index < -0.39 is 5.91 Å². The maximum atomic E-state index is 12.5. The monoisotopic (exact) mass is 590 g/mol. The van der Waals surface area contributed by atoms with Crippen molar-refractivity contribution in [1.29, 1.82) is 0 Å². The highest BCUT2D eigenvalue weighted by atomic mass is 127. The van der Waals surface area contributed by atoms with Gasteiger partial charge in [-0.2, -0.15) is 5.10 Å². The molecule has 0 aliphatic heterocycles. The predicted octanol–water partition coefficient (Wildman–Crippen LogP) is 6.93. The summed E-state index contributed by atoms with van der Waals surface area (Å²) < 4.78 is 18.2. The third kappa shape index (κ3) is 5.36. The number of ether oxygens (including phenoxy) is 2. The second-order valence-corrected chi connectivity index (χ2v) is 9.22. The van der Waals surface area contributed by atoms with Gasteiger partial charge in [0, 0.05) is 5.39 Å². The summed E-state index contributed by atoms with van der Waals surface area (Å²) in [6, 6.07) is 27.4. The molecule has 4 aromatic carbocycles. The first kappa shape index (κ1) is 23.9. The second kappa shape index (κ2) is 10.8. The molecule has 0 bridgehead atoms. The molecule has 0 unspecified atom stereocenters. The Morgan fingerprint density at radius 2 is 1.83 bits per heavy atom. The average molecular weight is 590 g/mol. The van der Waals surface area contributed by atoms with E-state index in [9.17, 15) is 4.79 Å². The van der Waals surface area contributed by atoms with Crippen LogP contribution in [0.2, 0.25) is 0 Å². The van der Waals surface area contributed by atoms with E-state index in [-0.39, 0.29) is 5.76 Å². The minimum atomic E-state index is -0.426. The number of fused-ring (bicyclic) bond motifs is 2. The Balaban J connectivity index is 1.21. The SMILES string of the molecule is CCOc1ccc2oc(C(=O)N/N=C/c3ccc(OCc4cccc5ccccc45)c(I)c3)cc2c1. The molecule has 1 amide bonds. The van der Waals surface area contributed by atoms with E-state index in [0.29, 0.717) is 18.8 Å². The van der Waals surface area contributed by atoms with Gasteiger partial charge in [0.2, 0.25) is 0 Å². The first-order valence-corrected chi connectivity index (χ1v) is 12.6. The van der Waals surface area contributed by atoms with Crippen molar-refractivity contribution >= 4 is 56.5 Å². The van der Waals surface area contributed by atoms with Gasteiger partial charge >= 0.3 is 5.91 Å². The van der Waals surface area contributed by atoms with Gasteiger partial charge in [-0.1, -0.05) is 42.5 Å².